The lowest BCUT2D eigenvalue weighted by Gasteiger charge is -2.03. The van der Waals surface area contributed by atoms with Crippen LogP contribution in [0.3, 0.4) is 0 Å². The van der Waals surface area contributed by atoms with Crippen LogP contribution in [0, 0.1) is 10.1 Å². The van der Waals surface area contributed by atoms with E-state index in [1.807, 2.05) is 0 Å². The standard InChI is InChI=1S/C15H12BrN3O5/c1-2-23-15(20)12-4-8-3-10(19(21)22)5-11(14(8)24-12)13-9(6-16)7-17-18-13/h3-5,7H,2,6H2,1H3,(H,17,18). The molecule has 0 atom stereocenters. The molecule has 9 heteroatoms. The number of H-pyrrole nitrogens is 1. The van der Waals surface area contributed by atoms with Crippen LogP contribution in [0.25, 0.3) is 22.2 Å². The van der Waals surface area contributed by atoms with Crippen LogP contribution in [-0.2, 0) is 10.1 Å². The predicted octanol–water partition coefficient (Wildman–Crippen LogP) is 3.80. The van der Waals surface area contributed by atoms with Crippen LogP contribution in [0.2, 0.25) is 0 Å². The molecule has 0 radical (unpaired) electrons. The molecule has 0 aliphatic carbocycles. The Hall–Kier alpha value is -2.68. The Labute approximate surface area is 144 Å². The number of furan rings is 1. The largest absolute Gasteiger partial charge is 0.460 e. The summed E-state index contributed by atoms with van der Waals surface area (Å²) in [4.78, 5) is 22.6. The zero-order valence-corrected chi connectivity index (χ0v) is 14.1. The molecule has 0 amide bonds. The highest BCUT2D eigenvalue weighted by molar-refractivity contribution is 9.08. The minimum atomic E-state index is -0.618. The lowest BCUT2D eigenvalue weighted by Crippen LogP contribution is -2.02. The van der Waals surface area contributed by atoms with Crippen molar-refractivity contribution in [3.8, 4) is 11.3 Å². The fourth-order valence-electron chi connectivity index (χ4n) is 2.38. The fourth-order valence-corrected chi connectivity index (χ4v) is 2.80. The summed E-state index contributed by atoms with van der Waals surface area (Å²) in [6.07, 6.45) is 1.62. The summed E-state index contributed by atoms with van der Waals surface area (Å²) in [7, 11) is 0. The van der Waals surface area contributed by atoms with Crippen molar-refractivity contribution in [2.75, 3.05) is 6.61 Å². The summed E-state index contributed by atoms with van der Waals surface area (Å²) in [5.41, 5.74) is 2.11. The van der Waals surface area contributed by atoms with Crippen molar-refractivity contribution in [3.05, 3.63) is 45.8 Å². The third kappa shape index (κ3) is 2.78. The van der Waals surface area contributed by atoms with Crippen molar-refractivity contribution in [1.29, 1.82) is 0 Å². The zero-order chi connectivity index (χ0) is 17.3. The SMILES string of the molecule is CCOC(=O)c1cc2cc([N+](=O)[O-])cc(-c3[nH]ncc3CBr)c2o1. The van der Waals surface area contributed by atoms with Crippen molar-refractivity contribution in [3.63, 3.8) is 0 Å². The normalized spacial score (nSPS) is 10.9. The summed E-state index contributed by atoms with van der Waals surface area (Å²) in [5.74, 6) is -0.624. The Bertz CT molecular complexity index is 930. The number of aromatic amines is 1. The third-order valence-electron chi connectivity index (χ3n) is 3.42. The summed E-state index contributed by atoms with van der Waals surface area (Å²) >= 11 is 3.35. The van der Waals surface area contributed by atoms with Crippen molar-refractivity contribution in [1.82, 2.24) is 10.2 Å². The maximum Gasteiger partial charge on any atom is 0.374 e. The number of nitro groups is 1. The van der Waals surface area contributed by atoms with Crippen LogP contribution in [-0.4, -0.2) is 27.7 Å². The van der Waals surface area contributed by atoms with E-state index in [2.05, 4.69) is 26.1 Å². The lowest BCUT2D eigenvalue weighted by atomic mass is 10.1. The van der Waals surface area contributed by atoms with Gasteiger partial charge in [0.1, 0.15) is 5.58 Å². The number of non-ortho nitro benzene ring substituents is 1. The molecule has 0 spiro atoms. The van der Waals surface area contributed by atoms with Crippen LogP contribution in [0.5, 0.6) is 0 Å². The molecule has 0 saturated heterocycles. The van der Waals surface area contributed by atoms with Crippen molar-refractivity contribution in [2.45, 2.75) is 12.3 Å². The van der Waals surface area contributed by atoms with Crippen molar-refractivity contribution < 1.29 is 18.9 Å². The number of fused-ring (bicyclic) bond motifs is 1. The second-order valence-corrected chi connectivity index (χ2v) is 5.46. The summed E-state index contributed by atoms with van der Waals surface area (Å²) in [6, 6.07) is 4.18. The molecule has 0 fully saturated rings. The van der Waals surface area contributed by atoms with E-state index in [0.717, 1.165) is 5.56 Å². The number of ether oxygens (including phenoxy) is 1. The maximum absolute atomic E-state index is 11.9. The average molecular weight is 394 g/mol. The van der Waals surface area contributed by atoms with Gasteiger partial charge in [-0.05, 0) is 13.0 Å². The Morgan fingerprint density at radius 1 is 1.46 bits per heavy atom. The summed E-state index contributed by atoms with van der Waals surface area (Å²) in [5, 5.41) is 18.9. The highest BCUT2D eigenvalue weighted by Crippen LogP contribution is 2.36. The van der Waals surface area contributed by atoms with Crippen molar-refractivity contribution >= 4 is 38.6 Å². The highest BCUT2D eigenvalue weighted by Gasteiger charge is 2.22. The first kappa shape index (κ1) is 16.2. The smallest absolute Gasteiger partial charge is 0.374 e. The number of hydrogen-bond acceptors (Lipinski definition) is 6. The zero-order valence-electron chi connectivity index (χ0n) is 12.5. The predicted molar refractivity (Wildman–Crippen MR) is 89.0 cm³/mol. The number of aromatic nitrogens is 2. The van der Waals surface area contributed by atoms with Crippen LogP contribution >= 0.6 is 15.9 Å². The molecule has 0 aliphatic heterocycles. The number of nitrogens with one attached hydrogen (secondary N) is 1. The molecule has 124 valence electrons. The number of rotatable bonds is 5. The van der Waals surface area contributed by atoms with E-state index in [4.69, 9.17) is 9.15 Å². The van der Waals surface area contributed by atoms with Gasteiger partial charge in [0.05, 0.1) is 29.0 Å². The van der Waals surface area contributed by atoms with Gasteiger partial charge in [0.15, 0.2) is 0 Å². The number of carbonyl (C=O) groups is 1. The fraction of sp³-hybridized carbons (Fsp3) is 0.200. The summed E-state index contributed by atoms with van der Waals surface area (Å²) < 4.78 is 10.5. The lowest BCUT2D eigenvalue weighted by molar-refractivity contribution is -0.384. The minimum absolute atomic E-state index is 0.00601. The van der Waals surface area contributed by atoms with Gasteiger partial charge in [0.25, 0.3) is 5.69 Å². The molecule has 1 N–H and O–H groups in total. The molecule has 2 heterocycles. The van der Waals surface area contributed by atoms with Gasteiger partial charge in [-0.3, -0.25) is 15.2 Å². The Morgan fingerprint density at radius 2 is 2.25 bits per heavy atom. The number of benzene rings is 1. The number of nitro benzene ring substituents is 1. The van der Waals surface area contributed by atoms with E-state index in [0.29, 0.717) is 27.6 Å². The molecule has 24 heavy (non-hydrogen) atoms. The van der Waals surface area contributed by atoms with Crippen LogP contribution in [0.1, 0.15) is 23.0 Å². The second kappa shape index (κ2) is 6.44. The molecule has 0 saturated carbocycles. The molecule has 2 aromatic heterocycles. The molecule has 0 unspecified atom stereocenters. The number of esters is 1. The second-order valence-electron chi connectivity index (χ2n) is 4.90. The molecular weight excluding hydrogens is 382 g/mol. The summed E-state index contributed by atoms with van der Waals surface area (Å²) in [6.45, 7) is 1.89. The Morgan fingerprint density at radius 3 is 2.92 bits per heavy atom. The monoisotopic (exact) mass is 393 g/mol. The van der Waals surface area contributed by atoms with Crippen molar-refractivity contribution in [2.24, 2.45) is 0 Å². The Balaban J connectivity index is 2.25. The van der Waals surface area contributed by atoms with Gasteiger partial charge in [-0.25, -0.2) is 4.79 Å². The number of alkyl halides is 1. The number of hydrogen-bond donors (Lipinski definition) is 1. The molecule has 3 rings (SSSR count). The highest BCUT2D eigenvalue weighted by atomic mass is 79.9. The van der Waals surface area contributed by atoms with Gasteiger partial charge in [-0.2, -0.15) is 5.10 Å². The first-order chi connectivity index (χ1) is 11.5. The van der Waals surface area contributed by atoms with E-state index in [1.165, 1.54) is 18.2 Å². The maximum atomic E-state index is 11.9. The molecule has 0 aliphatic rings. The van der Waals surface area contributed by atoms with Gasteiger partial charge in [-0.1, -0.05) is 15.9 Å². The average Bonchev–Trinajstić information content (AvgIpc) is 3.20. The van der Waals surface area contributed by atoms with Crippen LogP contribution < -0.4 is 0 Å². The quantitative estimate of drug-likeness (QED) is 0.305. The molecule has 0 bridgehead atoms. The molecule has 8 nitrogen and oxygen atoms in total. The van der Waals surface area contributed by atoms with Gasteiger partial charge in [-0.15, -0.1) is 0 Å². The van der Waals surface area contributed by atoms with Gasteiger partial charge in [0.2, 0.25) is 5.76 Å². The van der Waals surface area contributed by atoms with E-state index in [1.54, 1.807) is 13.1 Å². The number of halogens is 1. The van der Waals surface area contributed by atoms with Gasteiger partial charge < -0.3 is 9.15 Å². The molecular formula is C15H12BrN3O5. The van der Waals surface area contributed by atoms with E-state index in [9.17, 15) is 14.9 Å². The van der Waals surface area contributed by atoms with Crippen LogP contribution in [0.15, 0.2) is 28.8 Å². The molecule has 1 aromatic carbocycles. The first-order valence-electron chi connectivity index (χ1n) is 7.02. The Kier molecular flexibility index (Phi) is 4.34. The van der Waals surface area contributed by atoms with Crippen LogP contribution in [0.4, 0.5) is 5.69 Å². The van der Waals surface area contributed by atoms with E-state index in [-0.39, 0.29) is 18.1 Å². The third-order valence-corrected chi connectivity index (χ3v) is 4.02. The van der Waals surface area contributed by atoms with E-state index >= 15 is 0 Å². The van der Waals surface area contributed by atoms with Gasteiger partial charge >= 0.3 is 5.97 Å². The molecule has 3 aromatic rings. The van der Waals surface area contributed by atoms with E-state index < -0.39 is 10.9 Å². The first-order valence-corrected chi connectivity index (χ1v) is 8.15. The van der Waals surface area contributed by atoms with Gasteiger partial charge in [0, 0.05) is 28.4 Å². The minimum Gasteiger partial charge on any atom is -0.460 e. The number of nitrogens with zero attached hydrogens (tertiary/aromatic N) is 2. The topological polar surface area (TPSA) is 111 Å². The number of carbonyl (C=O) groups excluding carboxylic acids is 1.